The summed E-state index contributed by atoms with van der Waals surface area (Å²) in [6, 6.07) is 5.67. The van der Waals surface area contributed by atoms with Crippen LogP contribution in [0, 0.1) is 0 Å². The molecule has 82 valence electrons. The molecule has 0 atom stereocenters. The minimum absolute atomic E-state index is 0.486. The van der Waals surface area contributed by atoms with Crippen molar-refractivity contribution in [3.05, 3.63) is 23.9 Å². The predicted molar refractivity (Wildman–Crippen MR) is 63.9 cm³/mol. The van der Waals surface area contributed by atoms with Gasteiger partial charge in [0.25, 0.3) is 0 Å². The summed E-state index contributed by atoms with van der Waals surface area (Å²) in [6.07, 6.45) is 0. The maximum Gasteiger partial charge on any atom is 0.213 e. The number of rotatable bonds is 5. The summed E-state index contributed by atoms with van der Waals surface area (Å²) in [7, 11) is 3.55. The Kier molecular flexibility index (Phi) is 4.45. The largest absolute Gasteiger partial charge is 0.481 e. The van der Waals surface area contributed by atoms with E-state index in [-0.39, 0.29) is 0 Å². The van der Waals surface area contributed by atoms with Crippen molar-refractivity contribution in [1.82, 2.24) is 9.88 Å². The zero-order valence-corrected chi connectivity index (χ0v) is 9.75. The van der Waals surface area contributed by atoms with Crippen LogP contribution in [0.2, 0.25) is 0 Å². The second-order valence-electron chi connectivity index (χ2n) is 3.31. The summed E-state index contributed by atoms with van der Waals surface area (Å²) < 4.78 is 5.04. The van der Waals surface area contributed by atoms with Crippen LogP contribution in [0.3, 0.4) is 0 Å². The van der Waals surface area contributed by atoms with Crippen LogP contribution in [0.4, 0.5) is 0 Å². The molecular formula is C10H15N3OS. The third-order valence-electron chi connectivity index (χ3n) is 1.85. The fourth-order valence-electron chi connectivity index (χ4n) is 1.26. The van der Waals surface area contributed by atoms with E-state index in [0.29, 0.717) is 24.0 Å². The molecule has 0 unspecified atom stereocenters. The lowest BCUT2D eigenvalue weighted by Crippen LogP contribution is -2.29. The van der Waals surface area contributed by atoms with E-state index in [1.54, 1.807) is 7.11 Å². The van der Waals surface area contributed by atoms with E-state index in [9.17, 15) is 0 Å². The molecule has 5 heteroatoms. The number of methoxy groups -OCH3 is 1. The van der Waals surface area contributed by atoms with Crippen LogP contribution in [-0.4, -0.2) is 35.6 Å². The summed E-state index contributed by atoms with van der Waals surface area (Å²) >= 11 is 4.83. The molecule has 1 aromatic heterocycles. The van der Waals surface area contributed by atoms with Crippen LogP contribution in [0.15, 0.2) is 18.2 Å². The van der Waals surface area contributed by atoms with Crippen LogP contribution in [-0.2, 0) is 6.54 Å². The Morgan fingerprint density at radius 1 is 1.60 bits per heavy atom. The number of nitrogens with zero attached hydrogens (tertiary/aromatic N) is 2. The van der Waals surface area contributed by atoms with E-state index in [4.69, 9.17) is 22.7 Å². The Hall–Kier alpha value is -1.20. The minimum atomic E-state index is 0.486. The summed E-state index contributed by atoms with van der Waals surface area (Å²) in [5.41, 5.74) is 6.39. The standard InChI is InChI=1S/C10H15N3OS/c1-13(7-9(11)15)6-8-4-3-5-10(12-8)14-2/h3-5H,6-7H2,1-2H3,(H2,11,15). The molecule has 1 heterocycles. The van der Waals surface area contributed by atoms with Crippen LogP contribution < -0.4 is 10.5 Å². The molecule has 0 aliphatic heterocycles. The first-order valence-corrected chi connectivity index (χ1v) is 4.99. The minimum Gasteiger partial charge on any atom is -0.481 e. The number of nitrogens with two attached hydrogens (primary N) is 1. The van der Waals surface area contributed by atoms with Gasteiger partial charge >= 0.3 is 0 Å². The molecule has 0 saturated heterocycles. The van der Waals surface area contributed by atoms with Crippen molar-refractivity contribution in [2.75, 3.05) is 20.7 Å². The summed E-state index contributed by atoms with van der Waals surface area (Å²) in [5.74, 6) is 0.622. The molecule has 4 nitrogen and oxygen atoms in total. The van der Waals surface area contributed by atoms with Crippen molar-refractivity contribution in [3.8, 4) is 5.88 Å². The Morgan fingerprint density at radius 3 is 2.93 bits per heavy atom. The van der Waals surface area contributed by atoms with Gasteiger partial charge < -0.3 is 10.5 Å². The van der Waals surface area contributed by atoms with E-state index in [2.05, 4.69) is 4.98 Å². The summed E-state index contributed by atoms with van der Waals surface area (Å²) in [5, 5.41) is 0. The van der Waals surface area contributed by atoms with E-state index in [1.165, 1.54) is 0 Å². The van der Waals surface area contributed by atoms with Gasteiger partial charge in [-0.05, 0) is 13.1 Å². The molecule has 2 N–H and O–H groups in total. The molecule has 0 bridgehead atoms. The summed E-state index contributed by atoms with van der Waals surface area (Å²) in [6.45, 7) is 1.29. The molecule has 0 aliphatic rings. The van der Waals surface area contributed by atoms with Gasteiger partial charge in [0.2, 0.25) is 5.88 Å². The monoisotopic (exact) mass is 225 g/mol. The topological polar surface area (TPSA) is 51.4 Å². The van der Waals surface area contributed by atoms with Crippen LogP contribution in [0.25, 0.3) is 0 Å². The van der Waals surface area contributed by atoms with Gasteiger partial charge in [0.15, 0.2) is 0 Å². The molecule has 15 heavy (non-hydrogen) atoms. The lowest BCUT2D eigenvalue weighted by Gasteiger charge is -2.15. The average molecular weight is 225 g/mol. The van der Waals surface area contributed by atoms with Crippen LogP contribution >= 0.6 is 12.2 Å². The smallest absolute Gasteiger partial charge is 0.213 e. The first-order valence-electron chi connectivity index (χ1n) is 4.58. The van der Waals surface area contributed by atoms with Crippen LogP contribution in [0.5, 0.6) is 5.88 Å². The van der Waals surface area contributed by atoms with Crippen molar-refractivity contribution in [1.29, 1.82) is 0 Å². The molecule has 1 rings (SSSR count). The van der Waals surface area contributed by atoms with Gasteiger partial charge in [-0.2, -0.15) is 0 Å². The number of ether oxygens (including phenoxy) is 1. The van der Waals surface area contributed by atoms with Crippen LogP contribution in [0.1, 0.15) is 5.69 Å². The van der Waals surface area contributed by atoms with Crippen molar-refractivity contribution < 1.29 is 4.74 Å². The van der Waals surface area contributed by atoms with Crippen molar-refractivity contribution in [3.63, 3.8) is 0 Å². The molecular weight excluding hydrogens is 210 g/mol. The third-order valence-corrected chi connectivity index (χ3v) is 1.98. The van der Waals surface area contributed by atoms with Crippen molar-refractivity contribution >= 4 is 17.2 Å². The quantitative estimate of drug-likeness (QED) is 0.751. The van der Waals surface area contributed by atoms with E-state index < -0.39 is 0 Å². The van der Waals surface area contributed by atoms with Crippen molar-refractivity contribution in [2.45, 2.75) is 6.54 Å². The lowest BCUT2D eigenvalue weighted by atomic mass is 10.3. The van der Waals surface area contributed by atoms with Gasteiger partial charge in [-0.1, -0.05) is 18.3 Å². The zero-order chi connectivity index (χ0) is 11.3. The highest BCUT2D eigenvalue weighted by Gasteiger charge is 2.03. The number of aromatic nitrogens is 1. The van der Waals surface area contributed by atoms with Gasteiger partial charge in [0.1, 0.15) is 0 Å². The Labute approximate surface area is 95.0 Å². The fraction of sp³-hybridized carbons (Fsp3) is 0.400. The highest BCUT2D eigenvalue weighted by atomic mass is 32.1. The molecule has 0 spiro atoms. The second kappa shape index (κ2) is 5.63. The molecule has 0 amide bonds. The molecule has 0 saturated carbocycles. The third kappa shape index (κ3) is 4.22. The SMILES string of the molecule is COc1cccc(CN(C)CC(N)=S)n1. The molecule has 0 aromatic carbocycles. The van der Waals surface area contributed by atoms with Gasteiger partial charge in [-0.15, -0.1) is 0 Å². The van der Waals surface area contributed by atoms with E-state index in [1.807, 2.05) is 30.1 Å². The Balaban J connectivity index is 2.59. The maximum atomic E-state index is 5.45. The lowest BCUT2D eigenvalue weighted by molar-refractivity contribution is 0.360. The number of thiocarbonyl (C=S) groups is 1. The number of hydrogen-bond acceptors (Lipinski definition) is 4. The van der Waals surface area contributed by atoms with E-state index in [0.717, 1.165) is 5.69 Å². The number of likely N-dealkylation sites (N-methyl/N-ethyl adjacent to an activating group) is 1. The fourth-order valence-corrected chi connectivity index (χ4v) is 1.48. The molecule has 0 radical (unpaired) electrons. The highest BCUT2D eigenvalue weighted by molar-refractivity contribution is 7.80. The summed E-state index contributed by atoms with van der Waals surface area (Å²) in [4.78, 5) is 6.78. The highest BCUT2D eigenvalue weighted by Crippen LogP contribution is 2.07. The van der Waals surface area contributed by atoms with Gasteiger partial charge in [0.05, 0.1) is 17.8 Å². The number of pyridine rings is 1. The van der Waals surface area contributed by atoms with Gasteiger partial charge in [-0.3, -0.25) is 4.90 Å². The second-order valence-corrected chi connectivity index (χ2v) is 3.83. The van der Waals surface area contributed by atoms with Gasteiger partial charge in [0, 0.05) is 19.2 Å². The van der Waals surface area contributed by atoms with E-state index >= 15 is 0 Å². The van der Waals surface area contributed by atoms with Gasteiger partial charge in [-0.25, -0.2) is 4.98 Å². The molecule has 0 aliphatic carbocycles. The van der Waals surface area contributed by atoms with Crippen molar-refractivity contribution in [2.24, 2.45) is 5.73 Å². The Bertz CT molecular complexity index is 343. The molecule has 1 aromatic rings. The first kappa shape index (κ1) is 11.9. The number of hydrogen-bond donors (Lipinski definition) is 1. The predicted octanol–water partition coefficient (Wildman–Crippen LogP) is 0.808. The maximum absolute atomic E-state index is 5.45. The Morgan fingerprint density at radius 2 is 2.33 bits per heavy atom. The first-order chi connectivity index (χ1) is 7.11. The normalized spacial score (nSPS) is 10.3. The average Bonchev–Trinajstić information content (AvgIpc) is 2.16. The molecule has 0 fully saturated rings. The zero-order valence-electron chi connectivity index (χ0n) is 8.93.